The standard InChI is InChI=1S/C15H13NO3/c1-11-7-8-12(9-14(11)16(18)19)10-15(17)13-5-3-2-4-6-13/h2-9H,10H2,1H3. The van der Waals surface area contributed by atoms with Crippen LogP contribution in [0.3, 0.4) is 0 Å². The lowest BCUT2D eigenvalue weighted by Gasteiger charge is -2.03. The second-order valence-corrected chi connectivity index (χ2v) is 4.34. The minimum absolute atomic E-state index is 0.0428. The summed E-state index contributed by atoms with van der Waals surface area (Å²) in [6, 6.07) is 13.8. The second-order valence-electron chi connectivity index (χ2n) is 4.34. The molecule has 0 aliphatic rings. The molecule has 4 nitrogen and oxygen atoms in total. The summed E-state index contributed by atoms with van der Waals surface area (Å²) < 4.78 is 0. The molecule has 2 rings (SSSR count). The summed E-state index contributed by atoms with van der Waals surface area (Å²) in [7, 11) is 0. The van der Waals surface area contributed by atoms with Gasteiger partial charge < -0.3 is 0 Å². The molecule has 0 fully saturated rings. The lowest BCUT2D eigenvalue weighted by atomic mass is 10.0. The Bertz CT molecular complexity index is 621. The first-order chi connectivity index (χ1) is 9.08. The van der Waals surface area contributed by atoms with Crippen LogP contribution in [-0.2, 0) is 6.42 Å². The zero-order valence-electron chi connectivity index (χ0n) is 10.5. The van der Waals surface area contributed by atoms with Crippen LogP contribution in [-0.4, -0.2) is 10.7 Å². The van der Waals surface area contributed by atoms with Gasteiger partial charge >= 0.3 is 0 Å². The van der Waals surface area contributed by atoms with Crippen LogP contribution in [0.1, 0.15) is 21.5 Å². The van der Waals surface area contributed by atoms with Crippen LogP contribution in [0.4, 0.5) is 5.69 Å². The van der Waals surface area contributed by atoms with Crippen LogP contribution in [0.2, 0.25) is 0 Å². The molecule has 0 radical (unpaired) electrons. The average molecular weight is 255 g/mol. The molecule has 0 amide bonds. The summed E-state index contributed by atoms with van der Waals surface area (Å²) in [5.74, 6) is -0.0428. The number of rotatable bonds is 4. The molecule has 0 N–H and O–H groups in total. The number of benzene rings is 2. The van der Waals surface area contributed by atoms with Crippen molar-refractivity contribution in [3.8, 4) is 0 Å². The van der Waals surface area contributed by atoms with Crippen LogP contribution < -0.4 is 0 Å². The molecule has 0 heterocycles. The zero-order chi connectivity index (χ0) is 13.8. The fraction of sp³-hybridized carbons (Fsp3) is 0.133. The number of hydrogen-bond acceptors (Lipinski definition) is 3. The van der Waals surface area contributed by atoms with Gasteiger partial charge in [-0.25, -0.2) is 0 Å². The minimum atomic E-state index is -0.425. The zero-order valence-corrected chi connectivity index (χ0v) is 10.5. The highest BCUT2D eigenvalue weighted by Crippen LogP contribution is 2.20. The van der Waals surface area contributed by atoms with Gasteiger partial charge in [-0.2, -0.15) is 0 Å². The average Bonchev–Trinajstić information content (AvgIpc) is 2.41. The first kappa shape index (κ1) is 13.0. The maximum atomic E-state index is 12.0. The van der Waals surface area contributed by atoms with E-state index in [9.17, 15) is 14.9 Å². The highest BCUT2D eigenvalue weighted by molar-refractivity contribution is 5.97. The summed E-state index contributed by atoms with van der Waals surface area (Å²) in [5, 5.41) is 10.9. The van der Waals surface area contributed by atoms with Crippen LogP contribution >= 0.6 is 0 Å². The molecular weight excluding hydrogens is 242 g/mol. The Morgan fingerprint density at radius 1 is 1.16 bits per heavy atom. The van der Waals surface area contributed by atoms with Gasteiger partial charge in [-0.05, 0) is 12.5 Å². The Kier molecular flexibility index (Phi) is 3.71. The number of hydrogen-bond donors (Lipinski definition) is 0. The molecule has 0 atom stereocenters. The van der Waals surface area contributed by atoms with Gasteiger partial charge in [0.2, 0.25) is 0 Å². The molecule has 0 bridgehead atoms. The number of Topliss-reactive ketones (excluding diaryl/α,β-unsaturated/α-hetero) is 1. The molecule has 96 valence electrons. The van der Waals surface area contributed by atoms with Gasteiger partial charge in [0, 0.05) is 23.6 Å². The topological polar surface area (TPSA) is 60.2 Å². The lowest BCUT2D eigenvalue weighted by molar-refractivity contribution is -0.385. The van der Waals surface area contributed by atoms with Crippen LogP contribution in [0.15, 0.2) is 48.5 Å². The van der Waals surface area contributed by atoms with E-state index in [1.165, 1.54) is 6.07 Å². The Morgan fingerprint density at radius 2 is 1.84 bits per heavy atom. The van der Waals surface area contributed by atoms with Gasteiger partial charge in [0.15, 0.2) is 5.78 Å². The van der Waals surface area contributed by atoms with Crippen molar-refractivity contribution in [3.63, 3.8) is 0 Å². The van der Waals surface area contributed by atoms with Crippen LogP contribution in [0.25, 0.3) is 0 Å². The van der Waals surface area contributed by atoms with E-state index >= 15 is 0 Å². The molecule has 0 saturated carbocycles. The van der Waals surface area contributed by atoms with Crippen molar-refractivity contribution in [2.75, 3.05) is 0 Å². The van der Waals surface area contributed by atoms with Gasteiger partial charge in [-0.3, -0.25) is 14.9 Å². The molecule has 0 spiro atoms. The fourth-order valence-corrected chi connectivity index (χ4v) is 1.87. The number of carbonyl (C=O) groups is 1. The van der Waals surface area contributed by atoms with E-state index in [1.807, 2.05) is 6.07 Å². The number of nitro groups is 1. The lowest BCUT2D eigenvalue weighted by Crippen LogP contribution is -2.04. The van der Waals surface area contributed by atoms with E-state index in [1.54, 1.807) is 43.3 Å². The molecule has 0 aromatic heterocycles. The van der Waals surface area contributed by atoms with Crippen molar-refractivity contribution in [1.29, 1.82) is 0 Å². The molecule has 0 saturated heterocycles. The van der Waals surface area contributed by atoms with E-state index in [4.69, 9.17) is 0 Å². The van der Waals surface area contributed by atoms with E-state index in [-0.39, 0.29) is 17.9 Å². The Labute approximate surface area is 110 Å². The van der Waals surface area contributed by atoms with Gasteiger partial charge in [0.25, 0.3) is 5.69 Å². The predicted molar refractivity (Wildman–Crippen MR) is 72.3 cm³/mol. The molecular formula is C15H13NO3. The highest BCUT2D eigenvalue weighted by Gasteiger charge is 2.13. The summed E-state index contributed by atoms with van der Waals surface area (Å²) in [4.78, 5) is 22.4. The number of ketones is 1. The van der Waals surface area contributed by atoms with Crippen molar-refractivity contribution in [3.05, 3.63) is 75.3 Å². The third-order valence-electron chi connectivity index (χ3n) is 2.93. The molecule has 2 aromatic carbocycles. The highest BCUT2D eigenvalue weighted by atomic mass is 16.6. The van der Waals surface area contributed by atoms with Gasteiger partial charge in [0.05, 0.1) is 4.92 Å². The van der Waals surface area contributed by atoms with Crippen LogP contribution in [0, 0.1) is 17.0 Å². The number of nitrogens with zero attached hydrogens (tertiary/aromatic N) is 1. The van der Waals surface area contributed by atoms with Gasteiger partial charge in [-0.15, -0.1) is 0 Å². The number of aryl methyl sites for hydroxylation is 1. The molecule has 0 aliphatic heterocycles. The smallest absolute Gasteiger partial charge is 0.272 e. The quantitative estimate of drug-likeness (QED) is 0.478. The third-order valence-corrected chi connectivity index (χ3v) is 2.93. The fourth-order valence-electron chi connectivity index (χ4n) is 1.87. The normalized spacial score (nSPS) is 10.2. The number of carbonyl (C=O) groups excluding carboxylic acids is 1. The largest absolute Gasteiger partial charge is 0.294 e. The van der Waals surface area contributed by atoms with E-state index in [2.05, 4.69) is 0 Å². The molecule has 19 heavy (non-hydrogen) atoms. The second kappa shape index (κ2) is 5.44. The summed E-state index contributed by atoms with van der Waals surface area (Å²) in [5.41, 5.74) is 1.93. The summed E-state index contributed by atoms with van der Waals surface area (Å²) in [6.07, 6.45) is 0.172. The summed E-state index contributed by atoms with van der Waals surface area (Å²) >= 11 is 0. The van der Waals surface area contributed by atoms with E-state index in [0.717, 1.165) is 0 Å². The first-order valence-corrected chi connectivity index (χ1v) is 5.90. The third kappa shape index (κ3) is 3.04. The van der Waals surface area contributed by atoms with E-state index < -0.39 is 4.92 Å². The van der Waals surface area contributed by atoms with Crippen molar-refractivity contribution < 1.29 is 9.72 Å². The molecule has 4 heteroatoms. The Balaban J connectivity index is 2.23. The Morgan fingerprint density at radius 3 is 2.47 bits per heavy atom. The molecule has 0 unspecified atom stereocenters. The Hall–Kier alpha value is -2.49. The SMILES string of the molecule is Cc1ccc(CC(=O)c2ccccc2)cc1[N+](=O)[O-]. The number of nitro benzene ring substituents is 1. The van der Waals surface area contributed by atoms with Gasteiger partial charge in [-0.1, -0.05) is 42.5 Å². The van der Waals surface area contributed by atoms with Crippen molar-refractivity contribution in [1.82, 2.24) is 0 Å². The van der Waals surface area contributed by atoms with Crippen LogP contribution in [0.5, 0.6) is 0 Å². The maximum absolute atomic E-state index is 12.0. The molecule has 2 aromatic rings. The van der Waals surface area contributed by atoms with Crippen molar-refractivity contribution >= 4 is 11.5 Å². The first-order valence-electron chi connectivity index (χ1n) is 5.90. The monoisotopic (exact) mass is 255 g/mol. The maximum Gasteiger partial charge on any atom is 0.272 e. The predicted octanol–water partition coefficient (Wildman–Crippen LogP) is 3.33. The van der Waals surface area contributed by atoms with Crippen molar-refractivity contribution in [2.45, 2.75) is 13.3 Å². The van der Waals surface area contributed by atoms with Crippen molar-refractivity contribution in [2.24, 2.45) is 0 Å². The van der Waals surface area contributed by atoms with Gasteiger partial charge in [0.1, 0.15) is 0 Å². The van der Waals surface area contributed by atoms with E-state index in [0.29, 0.717) is 16.7 Å². The minimum Gasteiger partial charge on any atom is -0.294 e. The molecule has 0 aliphatic carbocycles. The summed E-state index contributed by atoms with van der Waals surface area (Å²) in [6.45, 7) is 1.68.